The van der Waals surface area contributed by atoms with Crippen molar-refractivity contribution in [2.24, 2.45) is 0 Å². The van der Waals surface area contributed by atoms with Gasteiger partial charge in [-0.05, 0) is 24.1 Å². The lowest BCUT2D eigenvalue weighted by molar-refractivity contribution is -0.129. The summed E-state index contributed by atoms with van der Waals surface area (Å²) >= 11 is 0. The Balaban J connectivity index is 1.87. The lowest BCUT2D eigenvalue weighted by Crippen LogP contribution is -2.53. The van der Waals surface area contributed by atoms with Crippen molar-refractivity contribution in [3.8, 4) is 0 Å². The summed E-state index contributed by atoms with van der Waals surface area (Å²) < 4.78 is 6.10. The number of nitrogens with zero attached hydrogens (tertiary/aromatic N) is 1. The molecule has 0 aromatic heterocycles. The van der Waals surface area contributed by atoms with E-state index < -0.39 is 5.60 Å². The molecule has 1 aliphatic heterocycles. The molecule has 2 aromatic carbocycles. The van der Waals surface area contributed by atoms with Gasteiger partial charge in [0.25, 0.3) is 0 Å². The van der Waals surface area contributed by atoms with E-state index in [9.17, 15) is 5.11 Å². The van der Waals surface area contributed by atoms with Gasteiger partial charge >= 0.3 is 0 Å². The van der Waals surface area contributed by atoms with Gasteiger partial charge in [0.2, 0.25) is 0 Å². The Labute approximate surface area is 151 Å². The van der Waals surface area contributed by atoms with Crippen LogP contribution < -0.4 is 0 Å². The number of benzene rings is 2. The van der Waals surface area contributed by atoms with Gasteiger partial charge in [0, 0.05) is 13.1 Å². The van der Waals surface area contributed by atoms with Crippen LogP contribution in [-0.2, 0) is 10.3 Å². The predicted molar refractivity (Wildman–Crippen MR) is 102 cm³/mol. The van der Waals surface area contributed by atoms with E-state index in [2.05, 4.69) is 11.8 Å². The monoisotopic (exact) mass is 339 g/mol. The third-order valence-electron chi connectivity index (χ3n) is 5.12. The highest BCUT2D eigenvalue weighted by molar-refractivity contribution is 5.37. The van der Waals surface area contributed by atoms with Crippen molar-refractivity contribution in [1.29, 1.82) is 0 Å². The third kappa shape index (κ3) is 4.12. The summed E-state index contributed by atoms with van der Waals surface area (Å²) in [5, 5.41) is 11.8. The maximum absolute atomic E-state index is 11.8. The van der Waals surface area contributed by atoms with Crippen LogP contribution in [0.2, 0.25) is 0 Å². The van der Waals surface area contributed by atoms with Crippen LogP contribution in [0.4, 0.5) is 0 Å². The molecule has 1 atom stereocenters. The quantitative estimate of drug-likeness (QED) is 0.779. The predicted octanol–water partition coefficient (Wildman–Crippen LogP) is 3.81. The molecule has 25 heavy (non-hydrogen) atoms. The van der Waals surface area contributed by atoms with Gasteiger partial charge < -0.3 is 9.84 Å². The topological polar surface area (TPSA) is 32.7 Å². The molecule has 134 valence electrons. The molecule has 0 spiro atoms. The van der Waals surface area contributed by atoms with Crippen LogP contribution >= 0.6 is 0 Å². The molecule has 1 N–H and O–H groups in total. The summed E-state index contributed by atoms with van der Waals surface area (Å²) in [5.74, 6) is 0. The number of rotatable bonds is 7. The Morgan fingerprint density at radius 3 is 2.16 bits per heavy atom. The molecule has 1 unspecified atom stereocenters. The van der Waals surface area contributed by atoms with Crippen molar-refractivity contribution >= 4 is 0 Å². The van der Waals surface area contributed by atoms with E-state index in [-0.39, 0.29) is 6.10 Å². The van der Waals surface area contributed by atoms with Crippen molar-refractivity contribution in [3.63, 3.8) is 0 Å². The number of ether oxygens (including phenoxy) is 1. The SMILES string of the molecule is CCCCCN1CCOC(C(O)(c2ccccc2)c2ccccc2)C1. The minimum Gasteiger partial charge on any atom is -0.378 e. The average Bonchev–Trinajstić information content (AvgIpc) is 2.69. The molecule has 1 fully saturated rings. The molecule has 3 nitrogen and oxygen atoms in total. The Kier molecular flexibility index (Phi) is 6.24. The maximum atomic E-state index is 11.8. The molecule has 3 heteroatoms. The second kappa shape index (κ2) is 8.61. The standard InChI is InChI=1S/C22H29NO2/c1-2-3-10-15-23-16-17-25-21(18-23)22(24,19-11-6-4-7-12-19)20-13-8-5-9-14-20/h4-9,11-14,21,24H,2-3,10,15-18H2,1H3. The van der Waals surface area contributed by atoms with Gasteiger partial charge in [-0.25, -0.2) is 0 Å². The van der Waals surface area contributed by atoms with Crippen molar-refractivity contribution in [2.75, 3.05) is 26.2 Å². The van der Waals surface area contributed by atoms with E-state index in [0.29, 0.717) is 6.61 Å². The maximum Gasteiger partial charge on any atom is 0.142 e. The normalized spacial score (nSPS) is 19.0. The van der Waals surface area contributed by atoms with Crippen LogP contribution in [0.3, 0.4) is 0 Å². The molecular weight excluding hydrogens is 310 g/mol. The van der Waals surface area contributed by atoms with Gasteiger partial charge in [-0.1, -0.05) is 80.4 Å². The molecule has 1 saturated heterocycles. The zero-order chi connectivity index (χ0) is 17.5. The first-order valence-corrected chi connectivity index (χ1v) is 9.42. The van der Waals surface area contributed by atoms with E-state index in [4.69, 9.17) is 4.74 Å². The fourth-order valence-corrected chi connectivity index (χ4v) is 3.67. The molecule has 0 aliphatic carbocycles. The summed E-state index contributed by atoms with van der Waals surface area (Å²) in [6.07, 6.45) is 3.42. The van der Waals surface area contributed by atoms with E-state index in [0.717, 1.165) is 30.8 Å². The van der Waals surface area contributed by atoms with Crippen LogP contribution in [0.5, 0.6) is 0 Å². The minimum absolute atomic E-state index is 0.271. The number of hydrogen-bond donors (Lipinski definition) is 1. The first-order valence-electron chi connectivity index (χ1n) is 9.42. The van der Waals surface area contributed by atoms with E-state index in [1.54, 1.807) is 0 Å². The molecule has 0 saturated carbocycles. The van der Waals surface area contributed by atoms with Crippen molar-refractivity contribution in [2.45, 2.75) is 37.9 Å². The minimum atomic E-state index is -1.13. The second-order valence-electron chi connectivity index (χ2n) is 6.87. The first kappa shape index (κ1) is 18.1. The van der Waals surface area contributed by atoms with Crippen molar-refractivity contribution in [1.82, 2.24) is 4.90 Å². The smallest absolute Gasteiger partial charge is 0.142 e. The molecule has 0 radical (unpaired) electrons. The Bertz CT molecular complexity index is 589. The highest BCUT2D eigenvalue weighted by Gasteiger charge is 2.43. The first-order chi connectivity index (χ1) is 12.2. The van der Waals surface area contributed by atoms with Gasteiger partial charge in [0.15, 0.2) is 0 Å². The van der Waals surface area contributed by atoms with E-state index in [1.165, 1.54) is 19.3 Å². The summed E-state index contributed by atoms with van der Waals surface area (Å²) in [6, 6.07) is 19.8. The van der Waals surface area contributed by atoms with Gasteiger partial charge in [-0.3, -0.25) is 4.90 Å². The number of aliphatic hydroxyl groups is 1. The largest absolute Gasteiger partial charge is 0.378 e. The molecule has 2 aromatic rings. The van der Waals surface area contributed by atoms with E-state index in [1.807, 2.05) is 60.7 Å². The summed E-state index contributed by atoms with van der Waals surface area (Å²) in [5.41, 5.74) is 0.648. The average molecular weight is 339 g/mol. The van der Waals surface area contributed by atoms with Crippen LogP contribution in [0.15, 0.2) is 60.7 Å². The van der Waals surface area contributed by atoms with Gasteiger partial charge in [0.05, 0.1) is 6.61 Å². The molecular formula is C22H29NO2. The fourth-order valence-electron chi connectivity index (χ4n) is 3.67. The summed E-state index contributed by atoms with van der Waals surface area (Å²) in [4.78, 5) is 2.43. The van der Waals surface area contributed by atoms with Crippen LogP contribution in [-0.4, -0.2) is 42.4 Å². The molecule has 0 bridgehead atoms. The molecule has 0 amide bonds. The number of morpholine rings is 1. The van der Waals surface area contributed by atoms with Gasteiger partial charge in [-0.15, -0.1) is 0 Å². The Morgan fingerprint density at radius 2 is 1.60 bits per heavy atom. The third-order valence-corrected chi connectivity index (χ3v) is 5.12. The number of hydrogen-bond acceptors (Lipinski definition) is 3. The zero-order valence-corrected chi connectivity index (χ0v) is 15.1. The Morgan fingerprint density at radius 1 is 1.00 bits per heavy atom. The zero-order valence-electron chi connectivity index (χ0n) is 15.1. The molecule has 1 aliphatic rings. The van der Waals surface area contributed by atoms with E-state index >= 15 is 0 Å². The van der Waals surface area contributed by atoms with Gasteiger partial charge in [-0.2, -0.15) is 0 Å². The lowest BCUT2D eigenvalue weighted by Gasteiger charge is -2.42. The van der Waals surface area contributed by atoms with Crippen LogP contribution in [0.25, 0.3) is 0 Å². The van der Waals surface area contributed by atoms with Gasteiger partial charge in [0.1, 0.15) is 11.7 Å². The summed E-state index contributed by atoms with van der Waals surface area (Å²) in [6.45, 7) is 5.67. The van der Waals surface area contributed by atoms with Crippen LogP contribution in [0, 0.1) is 0 Å². The molecule has 1 heterocycles. The lowest BCUT2D eigenvalue weighted by atomic mass is 9.81. The second-order valence-corrected chi connectivity index (χ2v) is 6.87. The van der Waals surface area contributed by atoms with Crippen molar-refractivity contribution < 1.29 is 9.84 Å². The highest BCUT2D eigenvalue weighted by Crippen LogP contribution is 2.36. The molecule has 3 rings (SSSR count). The van der Waals surface area contributed by atoms with Crippen molar-refractivity contribution in [3.05, 3.63) is 71.8 Å². The summed E-state index contributed by atoms with van der Waals surface area (Å²) in [7, 11) is 0. The Hall–Kier alpha value is -1.68. The fraction of sp³-hybridized carbons (Fsp3) is 0.455. The highest BCUT2D eigenvalue weighted by atomic mass is 16.5. The van der Waals surface area contributed by atoms with Crippen LogP contribution in [0.1, 0.15) is 37.3 Å². The number of unbranched alkanes of at least 4 members (excludes halogenated alkanes) is 2.